The van der Waals surface area contributed by atoms with Crippen LogP contribution in [0.4, 0.5) is 5.69 Å². The number of hydrogen-bond acceptors (Lipinski definition) is 6. The fourth-order valence-electron chi connectivity index (χ4n) is 4.42. The smallest absolute Gasteiger partial charge is 0.266 e. The first kappa shape index (κ1) is 23.4. The van der Waals surface area contributed by atoms with E-state index in [0.29, 0.717) is 16.6 Å². The molecule has 0 unspecified atom stereocenters. The highest BCUT2D eigenvalue weighted by atomic mass is 32.2. The monoisotopic (exact) mass is 485 g/mol. The van der Waals surface area contributed by atoms with Crippen LogP contribution in [0.5, 0.6) is 0 Å². The third kappa shape index (κ3) is 5.33. The number of hydrogen-bond donors (Lipinski definition) is 0. The molecule has 0 atom stereocenters. The van der Waals surface area contributed by atoms with Gasteiger partial charge in [-0.15, -0.1) is 0 Å². The molecule has 2 fully saturated rings. The van der Waals surface area contributed by atoms with Gasteiger partial charge in [-0.3, -0.25) is 14.6 Å². The molecule has 2 saturated heterocycles. The van der Waals surface area contributed by atoms with Crippen molar-refractivity contribution in [1.29, 1.82) is 5.26 Å². The standard InChI is InChI=1S/C27H27N5O2S/c28-11-14-31-20-21(23-9-4-5-10-24(23)31)19-25-26(33)32(13-6-12-30-15-17-34-18-16-30)27(35-25)29-22-7-2-1-3-8-22/h1-5,7-10,19-20H,6,12-18H2/b25-19-,29-27?. The number of amidine groups is 1. The van der Waals surface area contributed by atoms with Gasteiger partial charge in [0.2, 0.25) is 0 Å². The number of thioether (sulfide) groups is 1. The van der Waals surface area contributed by atoms with E-state index in [0.717, 1.165) is 61.4 Å². The van der Waals surface area contributed by atoms with Crippen LogP contribution in [0.1, 0.15) is 12.0 Å². The Bertz CT molecular complexity index is 1300. The van der Waals surface area contributed by atoms with Crippen LogP contribution in [0.3, 0.4) is 0 Å². The fraction of sp³-hybridized carbons (Fsp3) is 0.296. The topological polar surface area (TPSA) is 73.9 Å². The number of nitriles is 1. The predicted molar refractivity (Wildman–Crippen MR) is 140 cm³/mol. The summed E-state index contributed by atoms with van der Waals surface area (Å²) in [6.07, 6.45) is 4.75. The van der Waals surface area contributed by atoms with E-state index in [1.54, 1.807) is 4.90 Å². The SMILES string of the molecule is N#CCn1cc(/C=C2\SC(=Nc3ccccc3)N(CCCN3CCOCC3)C2=O)c2ccccc21. The maximum Gasteiger partial charge on any atom is 0.266 e. The minimum absolute atomic E-state index is 0.0243. The molecule has 3 aromatic rings. The Labute approximate surface area is 209 Å². The number of fused-ring (bicyclic) bond motifs is 1. The molecule has 35 heavy (non-hydrogen) atoms. The third-order valence-corrected chi connectivity index (χ3v) is 7.18. The zero-order valence-electron chi connectivity index (χ0n) is 19.5. The van der Waals surface area contributed by atoms with Gasteiger partial charge in [-0.2, -0.15) is 5.26 Å². The number of carbonyl (C=O) groups excluding carboxylic acids is 1. The second-order valence-corrected chi connectivity index (χ2v) is 9.50. The first-order valence-corrected chi connectivity index (χ1v) is 12.6. The molecule has 1 aromatic heterocycles. The highest BCUT2D eigenvalue weighted by Crippen LogP contribution is 2.35. The molecule has 0 aliphatic carbocycles. The van der Waals surface area contributed by atoms with Crippen LogP contribution >= 0.6 is 11.8 Å². The van der Waals surface area contributed by atoms with Crippen LogP contribution in [0.2, 0.25) is 0 Å². The number of nitrogens with zero attached hydrogens (tertiary/aromatic N) is 5. The van der Waals surface area contributed by atoms with Gasteiger partial charge in [-0.1, -0.05) is 36.4 Å². The average Bonchev–Trinajstić information content (AvgIpc) is 3.38. The number of aliphatic imine (C=N–C) groups is 1. The zero-order chi connectivity index (χ0) is 24.0. The van der Waals surface area contributed by atoms with Gasteiger partial charge in [0, 0.05) is 48.8 Å². The maximum absolute atomic E-state index is 13.5. The third-order valence-electron chi connectivity index (χ3n) is 6.18. The van der Waals surface area contributed by atoms with Crippen LogP contribution < -0.4 is 0 Å². The van der Waals surface area contributed by atoms with E-state index in [1.807, 2.05) is 71.4 Å². The summed E-state index contributed by atoms with van der Waals surface area (Å²) in [5.74, 6) is -0.0243. The molecule has 3 heterocycles. The van der Waals surface area contributed by atoms with Crippen molar-refractivity contribution < 1.29 is 9.53 Å². The number of morpholine rings is 1. The van der Waals surface area contributed by atoms with Gasteiger partial charge in [0.1, 0.15) is 6.54 Å². The van der Waals surface area contributed by atoms with Gasteiger partial charge < -0.3 is 9.30 Å². The molecular weight excluding hydrogens is 458 g/mol. The van der Waals surface area contributed by atoms with E-state index >= 15 is 0 Å². The minimum atomic E-state index is -0.0243. The highest BCUT2D eigenvalue weighted by molar-refractivity contribution is 8.18. The van der Waals surface area contributed by atoms with Crippen molar-refractivity contribution >= 4 is 45.5 Å². The predicted octanol–water partition coefficient (Wildman–Crippen LogP) is 4.49. The van der Waals surface area contributed by atoms with Crippen LogP contribution in [0, 0.1) is 11.3 Å². The van der Waals surface area contributed by atoms with Gasteiger partial charge in [0.05, 0.1) is 29.9 Å². The van der Waals surface area contributed by atoms with Gasteiger partial charge in [-0.05, 0) is 42.5 Å². The van der Waals surface area contributed by atoms with Crippen LogP contribution in [-0.2, 0) is 16.1 Å². The fourth-order valence-corrected chi connectivity index (χ4v) is 5.43. The van der Waals surface area contributed by atoms with E-state index < -0.39 is 0 Å². The van der Waals surface area contributed by atoms with E-state index in [1.165, 1.54) is 11.8 Å². The molecule has 2 aliphatic rings. The molecular formula is C27H27N5O2S. The Hall–Kier alpha value is -3.38. The lowest BCUT2D eigenvalue weighted by molar-refractivity contribution is -0.122. The second-order valence-electron chi connectivity index (χ2n) is 8.49. The van der Waals surface area contributed by atoms with Crippen molar-refractivity contribution in [2.75, 3.05) is 39.4 Å². The quantitative estimate of drug-likeness (QED) is 0.461. The first-order chi connectivity index (χ1) is 17.2. The number of para-hydroxylation sites is 2. The lowest BCUT2D eigenvalue weighted by Gasteiger charge is -2.27. The minimum Gasteiger partial charge on any atom is -0.379 e. The second kappa shape index (κ2) is 10.9. The Morgan fingerprint density at radius 1 is 1.06 bits per heavy atom. The Morgan fingerprint density at radius 2 is 1.83 bits per heavy atom. The Kier molecular flexibility index (Phi) is 7.28. The van der Waals surface area contributed by atoms with E-state index in [9.17, 15) is 10.1 Å². The van der Waals surface area contributed by atoms with Crippen molar-refractivity contribution in [3.63, 3.8) is 0 Å². The molecule has 178 valence electrons. The first-order valence-electron chi connectivity index (χ1n) is 11.8. The summed E-state index contributed by atoms with van der Waals surface area (Å²) in [6.45, 7) is 5.22. The highest BCUT2D eigenvalue weighted by Gasteiger charge is 2.33. The maximum atomic E-state index is 13.5. The molecule has 1 amide bonds. The molecule has 7 nitrogen and oxygen atoms in total. The molecule has 2 aromatic carbocycles. The number of aromatic nitrogens is 1. The summed E-state index contributed by atoms with van der Waals surface area (Å²) in [5, 5.41) is 11.0. The Morgan fingerprint density at radius 3 is 2.63 bits per heavy atom. The molecule has 0 radical (unpaired) electrons. The van der Waals surface area contributed by atoms with E-state index in [4.69, 9.17) is 9.73 Å². The number of amides is 1. The molecule has 8 heteroatoms. The summed E-state index contributed by atoms with van der Waals surface area (Å²) in [4.78, 5) is 23.2. The lowest BCUT2D eigenvalue weighted by atomic mass is 10.1. The van der Waals surface area contributed by atoms with Crippen molar-refractivity contribution in [3.05, 3.63) is 71.3 Å². The van der Waals surface area contributed by atoms with Gasteiger partial charge in [-0.25, -0.2) is 4.99 Å². The average molecular weight is 486 g/mol. The largest absolute Gasteiger partial charge is 0.379 e. The number of ether oxygens (including phenoxy) is 1. The molecule has 0 bridgehead atoms. The summed E-state index contributed by atoms with van der Waals surface area (Å²) in [7, 11) is 0. The van der Waals surface area contributed by atoms with E-state index in [-0.39, 0.29) is 12.5 Å². The van der Waals surface area contributed by atoms with Crippen molar-refractivity contribution in [2.24, 2.45) is 4.99 Å². The van der Waals surface area contributed by atoms with Crippen LogP contribution in [0.25, 0.3) is 17.0 Å². The molecule has 2 aliphatic heterocycles. The van der Waals surface area contributed by atoms with Gasteiger partial charge in [0.15, 0.2) is 5.17 Å². The molecule has 0 spiro atoms. The Balaban J connectivity index is 1.42. The summed E-state index contributed by atoms with van der Waals surface area (Å²) in [6, 6.07) is 19.9. The molecule has 0 saturated carbocycles. The normalized spacial score (nSPS) is 19.2. The summed E-state index contributed by atoms with van der Waals surface area (Å²) >= 11 is 1.41. The summed E-state index contributed by atoms with van der Waals surface area (Å²) in [5.41, 5.74) is 2.74. The number of rotatable bonds is 7. The van der Waals surface area contributed by atoms with Gasteiger partial charge >= 0.3 is 0 Å². The molecule has 0 N–H and O–H groups in total. The number of benzene rings is 2. The van der Waals surface area contributed by atoms with Crippen LogP contribution in [-0.4, -0.2) is 64.8 Å². The lowest BCUT2D eigenvalue weighted by Crippen LogP contribution is -2.38. The van der Waals surface area contributed by atoms with Crippen molar-refractivity contribution in [2.45, 2.75) is 13.0 Å². The zero-order valence-corrected chi connectivity index (χ0v) is 20.3. The van der Waals surface area contributed by atoms with E-state index in [2.05, 4.69) is 11.0 Å². The van der Waals surface area contributed by atoms with Gasteiger partial charge in [0.25, 0.3) is 5.91 Å². The van der Waals surface area contributed by atoms with Crippen LogP contribution in [0.15, 0.2) is 70.7 Å². The van der Waals surface area contributed by atoms with Crippen molar-refractivity contribution in [3.8, 4) is 6.07 Å². The number of carbonyl (C=O) groups is 1. The van der Waals surface area contributed by atoms with Crippen molar-refractivity contribution in [1.82, 2.24) is 14.4 Å². The molecule has 5 rings (SSSR count). The summed E-state index contributed by atoms with van der Waals surface area (Å²) < 4.78 is 7.36.